The maximum Gasteiger partial charge on any atom is 0.313 e. The maximum atomic E-state index is 12.4. The van der Waals surface area contributed by atoms with Crippen molar-refractivity contribution in [2.24, 2.45) is 10.9 Å². The number of hydrogen-bond acceptors (Lipinski definition) is 5. The molecule has 148 valence electrons. The summed E-state index contributed by atoms with van der Waals surface area (Å²) in [7, 11) is 1.48. The number of Topliss-reactive ketones (excluding diaryl/α,β-unsaturated/α-hetero) is 1. The SMILES string of the molecule is COCC(=O)C(Cc1ccc(OC(=O)C(C)C)cc1)N=Cc1cccc(Cl)c1. The Morgan fingerprint density at radius 2 is 1.86 bits per heavy atom. The zero-order valence-electron chi connectivity index (χ0n) is 16.2. The van der Waals surface area contributed by atoms with Crippen molar-refractivity contribution < 1.29 is 19.1 Å². The molecule has 0 radical (unpaired) electrons. The van der Waals surface area contributed by atoms with Gasteiger partial charge in [0.25, 0.3) is 0 Å². The van der Waals surface area contributed by atoms with Gasteiger partial charge in [-0.3, -0.25) is 14.6 Å². The fourth-order valence-corrected chi connectivity index (χ4v) is 2.60. The zero-order chi connectivity index (χ0) is 20.5. The van der Waals surface area contributed by atoms with Crippen LogP contribution in [-0.2, 0) is 20.7 Å². The van der Waals surface area contributed by atoms with Gasteiger partial charge in [-0.05, 0) is 35.4 Å². The van der Waals surface area contributed by atoms with Crippen LogP contribution in [0, 0.1) is 5.92 Å². The molecule has 1 atom stereocenters. The molecule has 0 heterocycles. The van der Waals surface area contributed by atoms with E-state index < -0.39 is 6.04 Å². The smallest absolute Gasteiger partial charge is 0.313 e. The first kappa shape index (κ1) is 21.8. The number of esters is 1. The summed E-state index contributed by atoms with van der Waals surface area (Å²) in [6.07, 6.45) is 2.06. The Hall–Kier alpha value is -2.50. The average molecular weight is 402 g/mol. The minimum atomic E-state index is -0.581. The molecule has 0 bridgehead atoms. The quantitative estimate of drug-likeness (QED) is 0.359. The lowest BCUT2D eigenvalue weighted by atomic mass is 10.0. The van der Waals surface area contributed by atoms with Gasteiger partial charge in [-0.25, -0.2) is 0 Å². The number of ketones is 1. The van der Waals surface area contributed by atoms with Gasteiger partial charge in [0.2, 0.25) is 0 Å². The van der Waals surface area contributed by atoms with Crippen molar-refractivity contribution in [3.8, 4) is 5.75 Å². The molecule has 0 N–H and O–H groups in total. The molecule has 6 heteroatoms. The van der Waals surface area contributed by atoms with Crippen molar-refractivity contribution in [3.05, 3.63) is 64.7 Å². The number of carbonyl (C=O) groups excluding carboxylic acids is 2. The van der Waals surface area contributed by atoms with E-state index in [2.05, 4.69) is 4.99 Å². The number of hydrogen-bond donors (Lipinski definition) is 0. The molecule has 0 spiro atoms. The predicted molar refractivity (Wildman–Crippen MR) is 110 cm³/mol. The minimum absolute atomic E-state index is 0.0123. The molecule has 2 rings (SSSR count). The summed E-state index contributed by atoms with van der Waals surface area (Å²) in [5.41, 5.74) is 1.72. The standard InChI is InChI=1S/C22H24ClNO4/c1-15(2)22(26)28-19-9-7-16(8-10-19)12-20(21(25)14-27-3)24-13-17-5-4-6-18(23)11-17/h4-11,13,15,20H,12,14H2,1-3H3. The Balaban J connectivity index is 2.11. The van der Waals surface area contributed by atoms with Gasteiger partial charge in [0.1, 0.15) is 18.4 Å². The van der Waals surface area contributed by atoms with E-state index in [0.29, 0.717) is 17.2 Å². The lowest BCUT2D eigenvalue weighted by Gasteiger charge is -2.12. The van der Waals surface area contributed by atoms with Crippen LogP contribution in [0.4, 0.5) is 0 Å². The molecule has 0 saturated carbocycles. The number of rotatable bonds is 9. The van der Waals surface area contributed by atoms with Gasteiger partial charge in [-0.2, -0.15) is 0 Å². The molecule has 2 aromatic rings. The van der Waals surface area contributed by atoms with Gasteiger partial charge in [0.05, 0.1) is 5.92 Å². The Kier molecular flexibility index (Phi) is 8.36. The van der Waals surface area contributed by atoms with Gasteiger partial charge >= 0.3 is 5.97 Å². The molecule has 5 nitrogen and oxygen atoms in total. The summed E-state index contributed by atoms with van der Waals surface area (Å²) in [6.45, 7) is 3.54. The van der Waals surface area contributed by atoms with Gasteiger partial charge in [-0.15, -0.1) is 0 Å². The van der Waals surface area contributed by atoms with Crippen LogP contribution in [0.1, 0.15) is 25.0 Å². The molecular weight excluding hydrogens is 378 g/mol. The molecule has 1 unspecified atom stereocenters. The van der Waals surface area contributed by atoms with Gasteiger partial charge in [0.15, 0.2) is 5.78 Å². The van der Waals surface area contributed by atoms with Gasteiger partial charge < -0.3 is 9.47 Å². The van der Waals surface area contributed by atoms with Crippen LogP contribution in [0.25, 0.3) is 0 Å². The van der Waals surface area contributed by atoms with E-state index in [9.17, 15) is 9.59 Å². The largest absolute Gasteiger partial charge is 0.426 e. The Labute approximate surface area is 170 Å². The summed E-state index contributed by atoms with van der Waals surface area (Å²) in [4.78, 5) is 28.5. The van der Waals surface area contributed by atoms with E-state index in [1.54, 1.807) is 44.3 Å². The summed E-state index contributed by atoms with van der Waals surface area (Å²) < 4.78 is 10.2. The van der Waals surface area contributed by atoms with E-state index in [-0.39, 0.29) is 24.3 Å². The molecule has 0 saturated heterocycles. The highest BCUT2D eigenvalue weighted by Crippen LogP contribution is 2.16. The highest BCUT2D eigenvalue weighted by Gasteiger charge is 2.17. The Morgan fingerprint density at radius 1 is 1.14 bits per heavy atom. The van der Waals surface area contributed by atoms with Crippen LogP contribution >= 0.6 is 11.6 Å². The summed E-state index contributed by atoms with van der Waals surface area (Å²) in [6, 6.07) is 13.7. The average Bonchev–Trinajstić information content (AvgIpc) is 2.66. The highest BCUT2D eigenvalue weighted by molar-refractivity contribution is 6.30. The number of methoxy groups -OCH3 is 1. The van der Waals surface area contributed by atoms with Crippen molar-refractivity contribution >= 4 is 29.6 Å². The molecule has 0 amide bonds. The van der Waals surface area contributed by atoms with Crippen LogP contribution in [-0.4, -0.2) is 37.7 Å². The second-order valence-electron chi connectivity index (χ2n) is 6.67. The van der Waals surface area contributed by atoms with Gasteiger partial charge in [-0.1, -0.05) is 49.7 Å². The molecule has 0 aromatic heterocycles. The number of benzene rings is 2. The lowest BCUT2D eigenvalue weighted by molar-refractivity contribution is -0.137. The van der Waals surface area contributed by atoms with E-state index >= 15 is 0 Å². The number of carbonyl (C=O) groups is 2. The van der Waals surface area contributed by atoms with Crippen LogP contribution in [0.15, 0.2) is 53.5 Å². The number of aliphatic imine (C=N–C) groups is 1. The third kappa shape index (κ3) is 6.91. The van der Waals surface area contributed by atoms with Crippen LogP contribution in [0.5, 0.6) is 5.75 Å². The number of ether oxygens (including phenoxy) is 2. The Bertz CT molecular complexity index is 831. The zero-order valence-corrected chi connectivity index (χ0v) is 17.0. The monoisotopic (exact) mass is 401 g/mol. The normalized spacial score (nSPS) is 12.3. The molecule has 0 aliphatic heterocycles. The summed E-state index contributed by atoms with van der Waals surface area (Å²) in [5.74, 6) is -0.121. The van der Waals surface area contributed by atoms with Crippen LogP contribution in [0.2, 0.25) is 5.02 Å². The first-order valence-corrected chi connectivity index (χ1v) is 9.38. The van der Waals surface area contributed by atoms with Crippen molar-refractivity contribution in [2.75, 3.05) is 13.7 Å². The van der Waals surface area contributed by atoms with E-state index in [1.807, 2.05) is 24.3 Å². The maximum absolute atomic E-state index is 12.4. The third-order valence-electron chi connectivity index (χ3n) is 3.95. The summed E-state index contributed by atoms with van der Waals surface area (Å²) >= 11 is 5.99. The van der Waals surface area contributed by atoms with Crippen molar-refractivity contribution in [3.63, 3.8) is 0 Å². The molecule has 0 aliphatic carbocycles. The molecule has 28 heavy (non-hydrogen) atoms. The highest BCUT2D eigenvalue weighted by atomic mass is 35.5. The van der Waals surface area contributed by atoms with Crippen molar-refractivity contribution in [1.82, 2.24) is 0 Å². The molecular formula is C22H24ClNO4. The molecule has 0 fully saturated rings. The van der Waals surface area contributed by atoms with E-state index in [0.717, 1.165) is 11.1 Å². The third-order valence-corrected chi connectivity index (χ3v) is 4.19. The topological polar surface area (TPSA) is 65.0 Å². The fraction of sp³-hybridized carbons (Fsp3) is 0.318. The molecule has 2 aromatic carbocycles. The fourth-order valence-electron chi connectivity index (χ4n) is 2.40. The number of halogens is 1. The van der Waals surface area contributed by atoms with Gasteiger partial charge in [0, 0.05) is 24.8 Å². The first-order chi connectivity index (χ1) is 13.4. The lowest BCUT2D eigenvalue weighted by Crippen LogP contribution is -2.25. The second-order valence-corrected chi connectivity index (χ2v) is 7.11. The minimum Gasteiger partial charge on any atom is -0.426 e. The van der Waals surface area contributed by atoms with Crippen LogP contribution in [0.3, 0.4) is 0 Å². The second kappa shape index (κ2) is 10.7. The Morgan fingerprint density at radius 3 is 2.46 bits per heavy atom. The van der Waals surface area contributed by atoms with Crippen LogP contribution < -0.4 is 4.74 Å². The van der Waals surface area contributed by atoms with E-state index in [1.165, 1.54) is 7.11 Å². The summed E-state index contributed by atoms with van der Waals surface area (Å²) in [5, 5.41) is 0.607. The first-order valence-electron chi connectivity index (χ1n) is 9.00. The molecule has 0 aliphatic rings. The number of nitrogens with zero attached hydrogens (tertiary/aromatic N) is 1. The van der Waals surface area contributed by atoms with E-state index in [4.69, 9.17) is 21.1 Å². The van der Waals surface area contributed by atoms with Crippen molar-refractivity contribution in [2.45, 2.75) is 26.3 Å². The van der Waals surface area contributed by atoms with Crippen molar-refractivity contribution in [1.29, 1.82) is 0 Å². The predicted octanol–water partition coefficient (Wildman–Crippen LogP) is 4.15.